The van der Waals surface area contributed by atoms with Gasteiger partial charge in [-0.25, -0.2) is 0 Å². The molecule has 0 aromatic heterocycles. The summed E-state index contributed by atoms with van der Waals surface area (Å²) in [6.07, 6.45) is 1.84. The van der Waals surface area contributed by atoms with Gasteiger partial charge in [-0.05, 0) is 13.3 Å². The van der Waals surface area contributed by atoms with E-state index < -0.39 is 12.2 Å². The summed E-state index contributed by atoms with van der Waals surface area (Å²) in [6, 6.07) is 0. The molecule has 92 valence electrons. The van der Waals surface area contributed by atoms with Crippen molar-refractivity contribution in [3.63, 3.8) is 0 Å². The standard InChI is InChI=1S/C12H20O4/c1-4-10(13)6-7-12(15)16-9(3)8-11(14)5-2/h4-5,9-11,13-14H,1-2,6-8H2,3H3/t9-,10-,11-/m1/s1. The van der Waals surface area contributed by atoms with Gasteiger partial charge in [-0.1, -0.05) is 12.2 Å². The molecule has 0 aliphatic carbocycles. The molecule has 0 saturated heterocycles. The lowest BCUT2D eigenvalue weighted by Crippen LogP contribution is -2.20. The molecule has 3 atom stereocenters. The van der Waals surface area contributed by atoms with Crippen LogP contribution in [0.3, 0.4) is 0 Å². The van der Waals surface area contributed by atoms with Crippen LogP contribution in [0.4, 0.5) is 0 Å². The number of carbonyl (C=O) groups excluding carboxylic acids is 1. The van der Waals surface area contributed by atoms with E-state index in [0.29, 0.717) is 12.8 Å². The molecule has 4 nitrogen and oxygen atoms in total. The third-order valence-electron chi connectivity index (χ3n) is 2.09. The Balaban J connectivity index is 3.77. The minimum absolute atomic E-state index is 0.141. The lowest BCUT2D eigenvalue weighted by molar-refractivity contribution is -0.149. The molecular formula is C12H20O4. The van der Waals surface area contributed by atoms with Crippen molar-refractivity contribution in [1.29, 1.82) is 0 Å². The first kappa shape index (κ1) is 14.9. The van der Waals surface area contributed by atoms with E-state index in [2.05, 4.69) is 13.2 Å². The van der Waals surface area contributed by atoms with Crippen molar-refractivity contribution in [2.24, 2.45) is 0 Å². The maximum atomic E-state index is 11.3. The van der Waals surface area contributed by atoms with Gasteiger partial charge in [0, 0.05) is 12.8 Å². The normalized spacial score (nSPS) is 15.9. The fraction of sp³-hybridized carbons (Fsp3) is 0.583. The molecule has 2 N–H and O–H groups in total. The minimum Gasteiger partial charge on any atom is -0.463 e. The molecule has 4 heteroatoms. The molecular weight excluding hydrogens is 208 g/mol. The number of esters is 1. The van der Waals surface area contributed by atoms with Gasteiger partial charge in [0.1, 0.15) is 6.10 Å². The van der Waals surface area contributed by atoms with E-state index in [9.17, 15) is 9.90 Å². The van der Waals surface area contributed by atoms with Crippen LogP contribution in [0, 0.1) is 0 Å². The fourth-order valence-corrected chi connectivity index (χ4v) is 1.15. The van der Waals surface area contributed by atoms with Gasteiger partial charge < -0.3 is 14.9 Å². The Morgan fingerprint density at radius 1 is 1.31 bits per heavy atom. The third-order valence-corrected chi connectivity index (χ3v) is 2.09. The van der Waals surface area contributed by atoms with Gasteiger partial charge in [0.05, 0.1) is 12.2 Å². The van der Waals surface area contributed by atoms with E-state index in [1.807, 2.05) is 0 Å². The van der Waals surface area contributed by atoms with E-state index in [1.54, 1.807) is 6.92 Å². The topological polar surface area (TPSA) is 66.8 Å². The lowest BCUT2D eigenvalue weighted by atomic mass is 10.1. The molecule has 0 aliphatic heterocycles. The summed E-state index contributed by atoms with van der Waals surface area (Å²) in [5, 5.41) is 18.4. The highest BCUT2D eigenvalue weighted by molar-refractivity contribution is 5.69. The molecule has 0 amide bonds. The van der Waals surface area contributed by atoms with Crippen LogP contribution in [0.5, 0.6) is 0 Å². The second kappa shape index (κ2) is 8.07. The van der Waals surface area contributed by atoms with Crippen molar-refractivity contribution in [3.8, 4) is 0 Å². The zero-order chi connectivity index (χ0) is 12.6. The second-order valence-corrected chi connectivity index (χ2v) is 3.68. The summed E-state index contributed by atoms with van der Waals surface area (Å²) in [4.78, 5) is 11.3. The largest absolute Gasteiger partial charge is 0.463 e. The highest BCUT2D eigenvalue weighted by Crippen LogP contribution is 2.06. The van der Waals surface area contributed by atoms with Crippen molar-refractivity contribution in [2.45, 2.75) is 44.5 Å². The highest BCUT2D eigenvalue weighted by Gasteiger charge is 2.13. The van der Waals surface area contributed by atoms with Gasteiger partial charge in [0.25, 0.3) is 0 Å². The van der Waals surface area contributed by atoms with Gasteiger partial charge in [-0.15, -0.1) is 13.2 Å². The quantitative estimate of drug-likeness (QED) is 0.483. The Kier molecular flexibility index (Phi) is 7.50. The van der Waals surface area contributed by atoms with Gasteiger partial charge in [0.15, 0.2) is 0 Å². The summed E-state index contributed by atoms with van der Waals surface area (Å²) in [5.74, 6) is -0.385. The van der Waals surface area contributed by atoms with Crippen LogP contribution in [-0.2, 0) is 9.53 Å². The second-order valence-electron chi connectivity index (χ2n) is 3.68. The Morgan fingerprint density at radius 3 is 2.38 bits per heavy atom. The van der Waals surface area contributed by atoms with Crippen LogP contribution in [0.25, 0.3) is 0 Å². The summed E-state index contributed by atoms with van der Waals surface area (Å²) in [6.45, 7) is 8.54. The zero-order valence-corrected chi connectivity index (χ0v) is 9.63. The first-order valence-electron chi connectivity index (χ1n) is 5.30. The van der Waals surface area contributed by atoms with Crippen LogP contribution in [0.1, 0.15) is 26.2 Å². The molecule has 0 aromatic carbocycles. The van der Waals surface area contributed by atoms with Crippen LogP contribution in [0.2, 0.25) is 0 Å². The van der Waals surface area contributed by atoms with Gasteiger partial charge >= 0.3 is 5.97 Å². The van der Waals surface area contributed by atoms with E-state index >= 15 is 0 Å². The smallest absolute Gasteiger partial charge is 0.306 e. The predicted molar refractivity (Wildman–Crippen MR) is 61.8 cm³/mol. The summed E-state index contributed by atoms with van der Waals surface area (Å²) < 4.78 is 5.03. The highest BCUT2D eigenvalue weighted by atomic mass is 16.5. The molecule has 0 rings (SSSR count). The number of hydrogen-bond donors (Lipinski definition) is 2. The number of carbonyl (C=O) groups is 1. The Morgan fingerprint density at radius 2 is 1.88 bits per heavy atom. The zero-order valence-electron chi connectivity index (χ0n) is 9.63. The number of aliphatic hydroxyl groups excluding tert-OH is 2. The summed E-state index contributed by atoms with van der Waals surface area (Å²) >= 11 is 0. The molecule has 0 fully saturated rings. The molecule has 0 bridgehead atoms. The third kappa shape index (κ3) is 7.20. The number of hydrogen-bond acceptors (Lipinski definition) is 4. The number of aliphatic hydroxyl groups is 2. The Labute approximate surface area is 96.2 Å². The van der Waals surface area contributed by atoms with Crippen molar-refractivity contribution >= 4 is 5.97 Å². The van der Waals surface area contributed by atoms with Crippen LogP contribution in [0.15, 0.2) is 25.3 Å². The Bertz CT molecular complexity index is 237. The molecule has 0 saturated carbocycles. The molecule has 0 spiro atoms. The van der Waals surface area contributed by atoms with Crippen molar-refractivity contribution < 1.29 is 19.7 Å². The molecule has 0 aromatic rings. The van der Waals surface area contributed by atoms with Crippen molar-refractivity contribution in [3.05, 3.63) is 25.3 Å². The van der Waals surface area contributed by atoms with Crippen LogP contribution in [-0.4, -0.2) is 34.5 Å². The summed E-state index contributed by atoms with van der Waals surface area (Å²) in [7, 11) is 0. The molecule has 16 heavy (non-hydrogen) atoms. The van der Waals surface area contributed by atoms with Crippen molar-refractivity contribution in [2.75, 3.05) is 0 Å². The van der Waals surface area contributed by atoms with E-state index in [0.717, 1.165) is 0 Å². The number of ether oxygens (including phenoxy) is 1. The van der Waals surface area contributed by atoms with E-state index in [4.69, 9.17) is 9.84 Å². The Hall–Kier alpha value is -1.13. The van der Waals surface area contributed by atoms with Crippen LogP contribution < -0.4 is 0 Å². The molecule has 0 aliphatic rings. The van der Waals surface area contributed by atoms with Crippen molar-refractivity contribution in [1.82, 2.24) is 0 Å². The maximum absolute atomic E-state index is 11.3. The molecule has 0 heterocycles. The predicted octanol–water partition coefficient (Wildman–Crippen LogP) is 1.18. The van der Waals surface area contributed by atoms with Gasteiger partial charge in [-0.2, -0.15) is 0 Å². The van der Waals surface area contributed by atoms with E-state index in [-0.39, 0.29) is 18.5 Å². The summed E-state index contributed by atoms with van der Waals surface area (Å²) in [5.41, 5.74) is 0. The first-order valence-corrected chi connectivity index (χ1v) is 5.30. The maximum Gasteiger partial charge on any atom is 0.306 e. The molecule has 0 unspecified atom stereocenters. The average Bonchev–Trinajstić information content (AvgIpc) is 2.25. The fourth-order valence-electron chi connectivity index (χ4n) is 1.15. The average molecular weight is 228 g/mol. The van der Waals surface area contributed by atoms with E-state index in [1.165, 1.54) is 12.2 Å². The van der Waals surface area contributed by atoms with Gasteiger partial charge in [-0.3, -0.25) is 4.79 Å². The first-order chi connectivity index (χ1) is 7.49. The SMILES string of the molecule is C=C[C@@H](O)CCC(=O)O[C@H](C)C[C@H](O)C=C. The number of rotatable bonds is 8. The minimum atomic E-state index is -0.679. The van der Waals surface area contributed by atoms with Gasteiger partial charge in [0.2, 0.25) is 0 Å². The molecule has 0 radical (unpaired) electrons. The van der Waals surface area contributed by atoms with Crippen LogP contribution >= 0.6 is 0 Å². The monoisotopic (exact) mass is 228 g/mol. The lowest BCUT2D eigenvalue weighted by Gasteiger charge is -2.15.